The van der Waals surface area contributed by atoms with E-state index in [9.17, 15) is 8.42 Å². The molecule has 1 saturated carbocycles. The van der Waals surface area contributed by atoms with Gasteiger partial charge in [-0.25, -0.2) is 13.1 Å². The number of aromatic nitrogens is 3. The molecule has 3 aromatic rings. The summed E-state index contributed by atoms with van der Waals surface area (Å²) in [6.07, 6.45) is 2.77. The van der Waals surface area contributed by atoms with Gasteiger partial charge in [-0.2, -0.15) is 0 Å². The third-order valence-corrected chi connectivity index (χ3v) is 6.96. The van der Waals surface area contributed by atoms with Crippen molar-refractivity contribution in [3.63, 3.8) is 0 Å². The van der Waals surface area contributed by atoms with Crippen LogP contribution in [0.3, 0.4) is 0 Å². The predicted octanol–water partition coefficient (Wildman–Crippen LogP) is 4.00. The van der Waals surface area contributed by atoms with Crippen molar-refractivity contribution in [3.8, 4) is 6.01 Å². The van der Waals surface area contributed by atoms with Gasteiger partial charge in [0.25, 0.3) is 0 Å². The Bertz CT molecular complexity index is 1110. The Kier molecular flexibility index (Phi) is 6.60. The highest BCUT2D eigenvalue weighted by molar-refractivity contribution is 7.89. The summed E-state index contributed by atoms with van der Waals surface area (Å²) < 4.78 is 36.7. The summed E-state index contributed by atoms with van der Waals surface area (Å²) >= 11 is 5.92. The number of nitrogens with one attached hydrogen (secondary N) is 1. The van der Waals surface area contributed by atoms with E-state index in [4.69, 9.17) is 16.3 Å². The Morgan fingerprint density at radius 1 is 1.13 bits per heavy atom. The van der Waals surface area contributed by atoms with Crippen molar-refractivity contribution in [2.75, 3.05) is 6.61 Å². The first kappa shape index (κ1) is 21.8. The quantitative estimate of drug-likeness (QED) is 0.494. The molecule has 1 aromatic heterocycles. The van der Waals surface area contributed by atoms with Crippen LogP contribution in [0, 0.1) is 5.92 Å². The van der Waals surface area contributed by atoms with Gasteiger partial charge in [0.05, 0.1) is 17.5 Å². The molecule has 0 bridgehead atoms. The van der Waals surface area contributed by atoms with Gasteiger partial charge in [0, 0.05) is 11.6 Å². The minimum absolute atomic E-state index is 0.141. The van der Waals surface area contributed by atoms with Gasteiger partial charge in [-0.1, -0.05) is 47.0 Å². The molecule has 31 heavy (non-hydrogen) atoms. The highest BCUT2D eigenvalue weighted by Gasteiger charge is 2.28. The molecule has 0 aliphatic heterocycles. The molecule has 7 nitrogen and oxygen atoms in total. The van der Waals surface area contributed by atoms with Crippen LogP contribution in [0.5, 0.6) is 6.01 Å². The largest absolute Gasteiger partial charge is 0.463 e. The monoisotopic (exact) mass is 460 g/mol. The van der Waals surface area contributed by atoms with E-state index in [2.05, 4.69) is 14.9 Å². The topological polar surface area (TPSA) is 86.1 Å². The van der Waals surface area contributed by atoms with Crippen LogP contribution in [0.4, 0.5) is 0 Å². The highest BCUT2D eigenvalue weighted by atomic mass is 35.5. The second-order valence-electron chi connectivity index (χ2n) is 7.66. The Morgan fingerprint density at radius 2 is 1.84 bits per heavy atom. The zero-order chi connectivity index (χ0) is 21.8. The van der Waals surface area contributed by atoms with Gasteiger partial charge in [0.15, 0.2) is 5.82 Å². The summed E-state index contributed by atoms with van der Waals surface area (Å²) in [4.78, 5) is 0.141. The van der Waals surface area contributed by atoms with Crippen LogP contribution in [-0.2, 0) is 23.0 Å². The van der Waals surface area contributed by atoms with Crippen LogP contribution in [-0.4, -0.2) is 29.8 Å². The number of rotatable bonds is 10. The third kappa shape index (κ3) is 5.44. The molecular formula is C22H25ClN4O3S. The van der Waals surface area contributed by atoms with Crippen molar-refractivity contribution in [1.82, 2.24) is 19.5 Å². The second kappa shape index (κ2) is 9.38. The van der Waals surface area contributed by atoms with Gasteiger partial charge in [-0.15, -0.1) is 5.10 Å². The molecule has 1 aliphatic rings. The molecule has 1 fully saturated rings. The van der Waals surface area contributed by atoms with Gasteiger partial charge in [-0.05, 0) is 61.9 Å². The lowest BCUT2D eigenvalue weighted by atomic mass is 10.1. The lowest BCUT2D eigenvalue weighted by Gasteiger charge is -2.19. The number of nitrogens with zero attached hydrogens (tertiary/aromatic N) is 3. The van der Waals surface area contributed by atoms with E-state index >= 15 is 0 Å². The fourth-order valence-electron chi connectivity index (χ4n) is 3.34. The van der Waals surface area contributed by atoms with Gasteiger partial charge in [0.2, 0.25) is 10.0 Å². The molecule has 0 radical (unpaired) electrons. The molecular weight excluding hydrogens is 436 g/mol. The maximum Gasteiger partial charge on any atom is 0.316 e. The normalized spacial score (nSPS) is 15.0. The van der Waals surface area contributed by atoms with Crippen LogP contribution in [0.15, 0.2) is 59.5 Å². The molecule has 9 heteroatoms. The first-order valence-electron chi connectivity index (χ1n) is 10.3. The minimum atomic E-state index is -3.81. The fourth-order valence-corrected chi connectivity index (χ4v) is 4.66. The number of benzene rings is 2. The van der Waals surface area contributed by atoms with Gasteiger partial charge in [-0.3, -0.25) is 4.57 Å². The van der Waals surface area contributed by atoms with Crippen molar-refractivity contribution in [1.29, 1.82) is 0 Å². The summed E-state index contributed by atoms with van der Waals surface area (Å²) in [6, 6.07) is 15.6. The van der Waals surface area contributed by atoms with E-state index in [-0.39, 0.29) is 4.90 Å². The standard InChI is InChI=1S/C22H25ClN4O3S/c1-2-27-21(24-25-22(27)30-15-17-8-9-17)20(14-16-6-4-3-5-7-16)26-31(28,29)19-12-10-18(23)11-13-19/h3-7,10-13,17,20,26H,2,8-9,14-15H2,1H3. The first-order valence-corrected chi connectivity index (χ1v) is 12.2. The van der Waals surface area contributed by atoms with E-state index < -0.39 is 16.1 Å². The Morgan fingerprint density at radius 3 is 2.48 bits per heavy atom. The molecule has 0 saturated heterocycles. The van der Waals surface area contributed by atoms with Crippen LogP contribution in [0.25, 0.3) is 0 Å². The zero-order valence-electron chi connectivity index (χ0n) is 17.2. The predicted molar refractivity (Wildman–Crippen MR) is 119 cm³/mol. The van der Waals surface area contributed by atoms with Crippen molar-refractivity contribution in [2.24, 2.45) is 5.92 Å². The third-order valence-electron chi connectivity index (χ3n) is 5.22. The molecule has 4 rings (SSSR count). The highest BCUT2D eigenvalue weighted by Crippen LogP contribution is 2.30. The summed E-state index contributed by atoms with van der Waals surface area (Å²) in [5.41, 5.74) is 0.984. The van der Waals surface area contributed by atoms with E-state index in [1.807, 2.05) is 41.8 Å². The average Bonchev–Trinajstić information content (AvgIpc) is 3.50. The van der Waals surface area contributed by atoms with E-state index in [0.717, 1.165) is 5.56 Å². The summed E-state index contributed by atoms with van der Waals surface area (Å²) in [7, 11) is -3.81. The van der Waals surface area contributed by atoms with E-state index in [0.29, 0.717) is 42.3 Å². The fraction of sp³-hybridized carbons (Fsp3) is 0.364. The Labute approximate surface area is 187 Å². The van der Waals surface area contributed by atoms with Gasteiger partial charge in [0.1, 0.15) is 0 Å². The zero-order valence-corrected chi connectivity index (χ0v) is 18.8. The number of ether oxygens (including phenoxy) is 1. The molecule has 164 valence electrons. The van der Waals surface area contributed by atoms with Crippen molar-refractivity contribution < 1.29 is 13.2 Å². The number of sulfonamides is 1. The average molecular weight is 461 g/mol. The van der Waals surface area contributed by atoms with E-state index in [1.165, 1.54) is 25.0 Å². The molecule has 2 aromatic carbocycles. The summed E-state index contributed by atoms with van der Waals surface area (Å²) in [6.45, 7) is 3.14. The van der Waals surface area contributed by atoms with Crippen LogP contribution < -0.4 is 9.46 Å². The molecule has 1 atom stereocenters. The first-order chi connectivity index (χ1) is 15.0. The smallest absolute Gasteiger partial charge is 0.316 e. The number of hydrogen-bond donors (Lipinski definition) is 1. The second-order valence-corrected chi connectivity index (χ2v) is 9.81. The Balaban J connectivity index is 1.65. The lowest BCUT2D eigenvalue weighted by molar-refractivity contribution is 0.262. The van der Waals surface area contributed by atoms with Crippen LogP contribution in [0.2, 0.25) is 5.02 Å². The molecule has 1 unspecified atom stereocenters. The van der Waals surface area contributed by atoms with Crippen LogP contribution in [0.1, 0.15) is 37.2 Å². The van der Waals surface area contributed by atoms with E-state index in [1.54, 1.807) is 12.1 Å². The Hall–Kier alpha value is -2.42. The molecule has 1 heterocycles. The number of hydrogen-bond acceptors (Lipinski definition) is 5. The maximum atomic E-state index is 13.1. The van der Waals surface area contributed by atoms with Crippen LogP contribution >= 0.6 is 11.6 Å². The summed E-state index contributed by atoms with van der Waals surface area (Å²) in [5, 5.41) is 8.99. The number of halogens is 1. The maximum absolute atomic E-state index is 13.1. The minimum Gasteiger partial charge on any atom is -0.463 e. The lowest BCUT2D eigenvalue weighted by Crippen LogP contribution is -2.32. The molecule has 0 amide bonds. The van der Waals surface area contributed by atoms with Crippen molar-refractivity contribution in [3.05, 3.63) is 71.0 Å². The van der Waals surface area contributed by atoms with Crippen molar-refractivity contribution >= 4 is 21.6 Å². The van der Waals surface area contributed by atoms with Gasteiger partial charge < -0.3 is 4.74 Å². The summed E-state index contributed by atoms with van der Waals surface area (Å²) in [5.74, 6) is 1.10. The molecule has 1 N–H and O–H groups in total. The SMILES string of the molecule is CCn1c(OCC2CC2)nnc1C(Cc1ccccc1)NS(=O)(=O)c1ccc(Cl)cc1. The molecule has 1 aliphatic carbocycles. The van der Waals surface area contributed by atoms with Gasteiger partial charge >= 0.3 is 6.01 Å². The molecule has 0 spiro atoms. The van der Waals surface area contributed by atoms with Crippen molar-refractivity contribution in [2.45, 2.75) is 43.7 Å².